The normalized spacial score (nSPS) is 14.6. The van der Waals surface area contributed by atoms with Crippen LogP contribution in [0.3, 0.4) is 0 Å². The Morgan fingerprint density at radius 2 is 1.68 bits per heavy atom. The first-order valence-electron chi connectivity index (χ1n) is 16.9. The van der Waals surface area contributed by atoms with E-state index in [4.69, 9.17) is 14.5 Å². The minimum Gasteiger partial charge on any atom is -0.496 e. The first-order valence-corrected chi connectivity index (χ1v) is 17.7. The molecule has 0 radical (unpaired) electrons. The molecule has 3 heterocycles. The summed E-state index contributed by atoms with van der Waals surface area (Å²) in [6.07, 6.45) is 4.07. The molecule has 252 valence electrons. The lowest BCUT2D eigenvalue weighted by Crippen LogP contribution is -2.40. The number of hydrogen-bond acceptors (Lipinski definition) is 6. The predicted octanol–water partition coefficient (Wildman–Crippen LogP) is 7.38. The summed E-state index contributed by atoms with van der Waals surface area (Å²) in [5, 5.41) is 1.05. The third-order valence-corrected chi connectivity index (χ3v) is 10.2. The van der Waals surface area contributed by atoms with Crippen molar-refractivity contribution >= 4 is 40.0 Å². The second-order valence-electron chi connectivity index (χ2n) is 12.8. The number of carbonyl (C=O) groups is 1. The summed E-state index contributed by atoms with van der Waals surface area (Å²) in [6.45, 7) is 8.88. The van der Waals surface area contributed by atoms with Crippen molar-refractivity contribution in [2.45, 2.75) is 46.2 Å². The van der Waals surface area contributed by atoms with Crippen LogP contribution in [-0.4, -0.2) is 28.8 Å². The zero-order chi connectivity index (χ0) is 34.9. The number of fused-ring (bicyclic) bond motifs is 2. The summed E-state index contributed by atoms with van der Waals surface area (Å²) >= 11 is 1.33. The molecule has 1 aliphatic heterocycles. The van der Waals surface area contributed by atoms with Gasteiger partial charge in [0.05, 0.1) is 35.6 Å². The molecule has 0 fully saturated rings. The second kappa shape index (κ2) is 13.8. The van der Waals surface area contributed by atoms with E-state index in [1.54, 1.807) is 18.6 Å². The molecule has 0 saturated carbocycles. The Labute approximate surface area is 295 Å². The van der Waals surface area contributed by atoms with Crippen molar-refractivity contribution < 1.29 is 14.3 Å². The van der Waals surface area contributed by atoms with E-state index < -0.39 is 12.0 Å². The lowest BCUT2D eigenvalue weighted by atomic mass is 9.87. The van der Waals surface area contributed by atoms with Crippen molar-refractivity contribution in [1.82, 2.24) is 9.13 Å². The van der Waals surface area contributed by atoms with E-state index in [9.17, 15) is 9.59 Å². The highest BCUT2D eigenvalue weighted by Crippen LogP contribution is 2.40. The van der Waals surface area contributed by atoms with Crippen LogP contribution in [0.5, 0.6) is 5.75 Å². The minimum atomic E-state index is -0.773. The number of ether oxygens (including phenoxy) is 2. The predicted molar refractivity (Wildman–Crippen MR) is 200 cm³/mol. The van der Waals surface area contributed by atoms with Crippen molar-refractivity contribution in [2.24, 2.45) is 4.99 Å². The van der Waals surface area contributed by atoms with Crippen LogP contribution < -0.4 is 19.6 Å². The number of hydrogen-bond donors (Lipinski definition) is 0. The van der Waals surface area contributed by atoms with Crippen molar-refractivity contribution in [1.29, 1.82) is 0 Å². The number of benzene rings is 4. The molecule has 6 aromatic rings. The number of rotatable bonds is 9. The molecule has 1 aliphatic rings. The molecule has 1 atom stereocenters. The van der Waals surface area contributed by atoms with Crippen molar-refractivity contribution in [3.8, 4) is 5.75 Å². The Morgan fingerprint density at radius 1 is 0.980 bits per heavy atom. The van der Waals surface area contributed by atoms with Crippen LogP contribution in [0.25, 0.3) is 22.7 Å². The number of carbonyl (C=O) groups excluding carboxylic acids is 1. The van der Waals surface area contributed by atoms with Gasteiger partial charge in [0.25, 0.3) is 5.56 Å². The van der Waals surface area contributed by atoms with E-state index in [0.717, 1.165) is 44.5 Å². The first kappa shape index (κ1) is 33.0. The second-order valence-corrected chi connectivity index (χ2v) is 13.8. The average molecular weight is 682 g/mol. The fraction of sp³-hybridized carbons (Fsp3) is 0.214. The standard InChI is InChI=1S/C42H39N3O4S/c1-6-49-41(47)37-38(29-17-11-8-12-18-29)43-42-45(39(37)33-23-32(26(2)3)35(48-5)21-27(33)4)40(46)36(50-42)22-30-25-44(24-28-15-9-7-10-16-28)34-20-14-13-19-31(30)34/h7-23,25-26,39H,6,24H2,1-5H3. The number of methoxy groups -OCH3 is 1. The Morgan fingerprint density at radius 3 is 2.38 bits per heavy atom. The Balaban J connectivity index is 1.50. The van der Waals surface area contributed by atoms with Gasteiger partial charge in [-0.05, 0) is 66.3 Å². The van der Waals surface area contributed by atoms with E-state index in [1.165, 1.54) is 16.9 Å². The molecule has 0 aliphatic carbocycles. The van der Waals surface area contributed by atoms with E-state index in [2.05, 4.69) is 54.9 Å². The summed E-state index contributed by atoms with van der Waals surface area (Å²) in [5.74, 6) is 0.405. The minimum absolute atomic E-state index is 0.136. The summed E-state index contributed by atoms with van der Waals surface area (Å²) in [6, 6.07) is 31.5. The number of aromatic nitrogens is 2. The van der Waals surface area contributed by atoms with Gasteiger partial charge in [0, 0.05) is 34.8 Å². The van der Waals surface area contributed by atoms with E-state index in [-0.39, 0.29) is 18.1 Å². The molecule has 4 aromatic carbocycles. The summed E-state index contributed by atoms with van der Waals surface area (Å²) in [5.41, 5.74) is 7.32. The molecule has 0 bridgehead atoms. The SMILES string of the molecule is CCOC(=O)C1=C(c2ccccc2)N=c2sc(=Cc3cn(Cc4ccccc4)c4ccccc34)c(=O)n2C1c1cc(C(C)C)c(OC)cc1C. The molecule has 0 N–H and O–H groups in total. The van der Waals surface area contributed by atoms with Gasteiger partial charge in [-0.25, -0.2) is 9.79 Å². The highest BCUT2D eigenvalue weighted by Gasteiger charge is 2.36. The smallest absolute Gasteiger partial charge is 0.338 e. The van der Waals surface area contributed by atoms with Crippen molar-refractivity contribution in [2.75, 3.05) is 13.7 Å². The zero-order valence-corrected chi connectivity index (χ0v) is 29.7. The van der Waals surface area contributed by atoms with Gasteiger partial charge in [-0.2, -0.15) is 0 Å². The third-order valence-electron chi connectivity index (χ3n) is 9.21. The third kappa shape index (κ3) is 6.00. The van der Waals surface area contributed by atoms with Crippen LogP contribution in [0.1, 0.15) is 66.1 Å². The molecule has 0 saturated heterocycles. The molecule has 0 spiro atoms. The molecule has 7 rings (SSSR count). The fourth-order valence-electron chi connectivity index (χ4n) is 6.82. The zero-order valence-electron chi connectivity index (χ0n) is 28.8. The number of esters is 1. The van der Waals surface area contributed by atoms with Gasteiger partial charge < -0.3 is 14.0 Å². The largest absolute Gasteiger partial charge is 0.496 e. The highest BCUT2D eigenvalue weighted by atomic mass is 32.1. The van der Waals surface area contributed by atoms with Crippen LogP contribution in [0.15, 0.2) is 119 Å². The summed E-state index contributed by atoms with van der Waals surface area (Å²) in [4.78, 5) is 34.4. The van der Waals surface area contributed by atoms with Gasteiger partial charge in [0.1, 0.15) is 5.75 Å². The Hall–Kier alpha value is -5.47. The molecule has 2 aromatic heterocycles. The maximum absolute atomic E-state index is 14.7. The van der Waals surface area contributed by atoms with Crippen LogP contribution in [0.2, 0.25) is 0 Å². The van der Waals surface area contributed by atoms with E-state index >= 15 is 0 Å². The van der Waals surface area contributed by atoms with Gasteiger partial charge in [0.2, 0.25) is 0 Å². The van der Waals surface area contributed by atoms with Gasteiger partial charge in [-0.3, -0.25) is 9.36 Å². The number of aryl methyl sites for hydroxylation is 1. The fourth-order valence-corrected chi connectivity index (χ4v) is 7.81. The highest BCUT2D eigenvalue weighted by molar-refractivity contribution is 7.07. The number of nitrogens with zero attached hydrogens (tertiary/aromatic N) is 3. The Kier molecular flexibility index (Phi) is 9.12. The van der Waals surface area contributed by atoms with Gasteiger partial charge in [-0.1, -0.05) is 104 Å². The van der Waals surface area contributed by atoms with Crippen LogP contribution in [-0.2, 0) is 16.1 Å². The summed E-state index contributed by atoms with van der Waals surface area (Å²) < 4.78 is 15.9. The molecule has 7 nitrogen and oxygen atoms in total. The van der Waals surface area contributed by atoms with Gasteiger partial charge in [0.15, 0.2) is 4.80 Å². The van der Waals surface area contributed by atoms with Crippen LogP contribution in [0, 0.1) is 6.92 Å². The molecular weight excluding hydrogens is 643 g/mol. The van der Waals surface area contributed by atoms with Crippen LogP contribution >= 0.6 is 11.3 Å². The Bertz CT molecular complexity index is 2440. The lowest BCUT2D eigenvalue weighted by Gasteiger charge is -2.28. The topological polar surface area (TPSA) is 74.8 Å². The van der Waals surface area contributed by atoms with Crippen molar-refractivity contribution in [3.63, 3.8) is 0 Å². The average Bonchev–Trinajstić information content (AvgIpc) is 3.63. The molecule has 8 heteroatoms. The first-order chi connectivity index (χ1) is 24.3. The molecular formula is C42H39N3O4S. The maximum atomic E-state index is 14.7. The lowest BCUT2D eigenvalue weighted by molar-refractivity contribution is -0.138. The quantitative estimate of drug-likeness (QED) is 0.149. The van der Waals surface area contributed by atoms with Crippen LogP contribution in [0.4, 0.5) is 0 Å². The monoisotopic (exact) mass is 681 g/mol. The number of para-hydroxylation sites is 1. The number of thiazole rings is 1. The molecule has 0 amide bonds. The molecule has 1 unspecified atom stereocenters. The van der Waals surface area contributed by atoms with E-state index in [0.29, 0.717) is 27.1 Å². The van der Waals surface area contributed by atoms with Gasteiger partial charge >= 0.3 is 5.97 Å². The van der Waals surface area contributed by atoms with Crippen molar-refractivity contribution in [3.05, 3.63) is 162 Å². The van der Waals surface area contributed by atoms with E-state index in [1.807, 2.05) is 79.7 Å². The van der Waals surface area contributed by atoms with Gasteiger partial charge in [-0.15, -0.1) is 0 Å². The summed E-state index contributed by atoms with van der Waals surface area (Å²) in [7, 11) is 1.66. The molecule has 50 heavy (non-hydrogen) atoms. The maximum Gasteiger partial charge on any atom is 0.338 e.